The monoisotopic (exact) mass is 332 g/mol. The second-order valence-electron chi connectivity index (χ2n) is 5.83. The van der Waals surface area contributed by atoms with Crippen molar-refractivity contribution < 1.29 is 4.39 Å². The first-order chi connectivity index (χ1) is 12.2. The largest absolute Gasteiger partial charge is 0.368 e. The van der Waals surface area contributed by atoms with Crippen LogP contribution < -0.4 is 5.32 Å². The van der Waals surface area contributed by atoms with E-state index in [-0.39, 0.29) is 11.7 Å². The first-order valence-corrected chi connectivity index (χ1v) is 7.99. The molecule has 5 heteroatoms. The zero-order chi connectivity index (χ0) is 17.6. The molecule has 0 saturated heterocycles. The molecule has 0 aliphatic heterocycles. The van der Waals surface area contributed by atoms with Gasteiger partial charge in [-0.2, -0.15) is 5.26 Å². The Kier molecular flexibility index (Phi) is 5.00. The smallest absolute Gasteiger partial charge is 0.148 e. The summed E-state index contributed by atoms with van der Waals surface area (Å²) in [6.45, 7) is 2.74. The third-order valence-electron chi connectivity index (χ3n) is 3.98. The van der Waals surface area contributed by atoms with E-state index in [4.69, 9.17) is 5.26 Å². The van der Waals surface area contributed by atoms with Crippen molar-refractivity contribution in [2.24, 2.45) is 0 Å². The molecular formula is C20H17FN4. The van der Waals surface area contributed by atoms with Crippen LogP contribution in [0.2, 0.25) is 0 Å². The fourth-order valence-electron chi connectivity index (χ4n) is 2.50. The average molecular weight is 332 g/mol. The van der Waals surface area contributed by atoms with Gasteiger partial charge in [-0.15, -0.1) is 10.2 Å². The summed E-state index contributed by atoms with van der Waals surface area (Å²) in [6.07, 6.45) is 0. The van der Waals surface area contributed by atoms with Crippen molar-refractivity contribution in [2.45, 2.75) is 12.8 Å². The molecule has 0 amide bonds. The van der Waals surface area contributed by atoms with Crippen LogP contribution in [0.3, 0.4) is 0 Å². The van der Waals surface area contributed by atoms with Gasteiger partial charge in [0.25, 0.3) is 0 Å². The third-order valence-corrected chi connectivity index (χ3v) is 3.98. The lowest BCUT2D eigenvalue weighted by Gasteiger charge is -2.13. The van der Waals surface area contributed by atoms with Gasteiger partial charge in [0.05, 0.1) is 17.3 Å². The molecule has 0 saturated carbocycles. The summed E-state index contributed by atoms with van der Waals surface area (Å²) in [5, 5.41) is 20.6. The maximum Gasteiger partial charge on any atom is 0.148 e. The lowest BCUT2D eigenvalue weighted by Crippen LogP contribution is -2.11. The highest BCUT2D eigenvalue weighted by molar-refractivity contribution is 5.61. The van der Waals surface area contributed by atoms with Crippen molar-refractivity contribution in [3.05, 3.63) is 77.6 Å². The molecule has 0 fully saturated rings. The first-order valence-electron chi connectivity index (χ1n) is 7.99. The minimum atomic E-state index is -0.231. The highest BCUT2D eigenvalue weighted by atomic mass is 19.1. The second-order valence-corrected chi connectivity index (χ2v) is 5.83. The highest BCUT2D eigenvalue weighted by Gasteiger charge is 2.07. The molecule has 3 rings (SSSR count). The quantitative estimate of drug-likeness (QED) is 0.753. The second kappa shape index (κ2) is 7.54. The Labute approximate surface area is 146 Å². The zero-order valence-corrected chi connectivity index (χ0v) is 13.8. The topological polar surface area (TPSA) is 61.6 Å². The SMILES string of the molecule is CC(CNc1ccc(-c2cccc(C#N)c2)nn1)c1ccc(F)cc1. The van der Waals surface area contributed by atoms with E-state index in [1.807, 2.05) is 24.3 Å². The van der Waals surface area contributed by atoms with E-state index < -0.39 is 0 Å². The van der Waals surface area contributed by atoms with Crippen LogP contribution in [0.4, 0.5) is 10.2 Å². The van der Waals surface area contributed by atoms with Gasteiger partial charge in [-0.25, -0.2) is 4.39 Å². The molecule has 0 radical (unpaired) electrons. The molecular weight excluding hydrogens is 315 g/mol. The summed E-state index contributed by atoms with van der Waals surface area (Å²) in [4.78, 5) is 0. The number of nitrogens with one attached hydrogen (secondary N) is 1. The minimum Gasteiger partial charge on any atom is -0.368 e. The molecule has 0 bridgehead atoms. The van der Waals surface area contributed by atoms with Gasteiger partial charge in [0.2, 0.25) is 0 Å². The summed E-state index contributed by atoms with van der Waals surface area (Å²) >= 11 is 0. The van der Waals surface area contributed by atoms with Crippen molar-refractivity contribution >= 4 is 5.82 Å². The number of nitrogens with zero attached hydrogens (tertiary/aromatic N) is 3. The van der Waals surface area contributed by atoms with E-state index in [1.54, 1.807) is 24.3 Å². The van der Waals surface area contributed by atoms with Gasteiger partial charge >= 0.3 is 0 Å². The molecule has 3 aromatic rings. The number of hydrogen-bond acceptors (Lipinski definition) is 4. The summed E-state index contributed by atoms with van der Waals surface area (Å²) < 4.78 is 13.0. The molecule has 1 atom stereocenters. The Morgan fingerprint density at radius 3 is 2.56 bits per heavy atom. The maximum atomic E-state index is 13.0. The third kappa shape index (κ3) is 4.18. The number of hydrogen-bond donors (Lipinski definition) is 1. The zero-order valence-electron chi connectivity index (χ0n) is 13.8. The van der Waals surface area contributed by atoms with Gasteiger partial charge in [-0.05, 0) is 47.9 Å². The number of anilines is 1. The van der Waals surface area contributed by atoms with Crippen LogP contribution in [0.25, 0.3) is 11.3 Å². The molecule has 1 unspecified atom stereocenters. The molecule has 0 aliphatic carbocycles. The standard InChI is InChI=1S/C20H17FN4/c1-14(16-5-7-18(21)8-6-16)13-23-20-10-9-19(24-25-20)17-4-2-3-15(11-17)12-22/h2-11,14H,13H2,1H3,(H,23,25). The Balaban J connectivity index is 1.64. The van der Waals surface area contributed by atoms with Crippen molar-refractivity contribution in [1.29, 1.82) is 5.26 Å². The number of halogens is 1. The van der Waals surface area contributed by atoms with Crippen LogP contribution in [0, 0.1) is 17.1 Å². The van der Waals surface area contributed by atoms with Crippen molar-refractivity contribution in [2.75, 3.05) is 11.9 Å². The summed E-state index contributed by atoms with van der Waals surface area (Å²) in [7, 11) is 0. The number of aromatic nitrogens is 2. The Morgan fingerprint density at radius 2 is 1.88 bits per heavy atom. The lowest BCUT2D eigenvalue weighted by atomic mass is 10.0. The molecule has 1 aromatic heterocycles. The van der Waals surface area contributed by atoms with Crippen molar-refractivity contribution in [3.63, 3.8) is 0 Å². The van der Waals surface area contributed by atoms with Gasteiger partial charge in [0, 0.05) is 12.1 Å². The predicted molar refractivity (Wildman–Crippen MR) is 95.5 cm³/mol. The van der Waals surface area contributed by atoms with E-state index in [1.165, 1.54) is 12.1 Å². The number of rotatable bonds is 5. The summed E-state index contributed by atoms with van der Waals surface area (Å²) in [5.41, 5.74) is 3.23. The van der Waals surface area contributed by atoms with Gasteiger partial charge < -0.3 is 5.32 Å². The van der Waals surface area contributed by atoms with Crippen LogP contribution in [0.1, 0.15) is 24.0 Å². The van der Waals surface area contributed by atoms with E-state index in [0.29, 0.717) is 23.6 Å². The Bertz CT molecular complexity index is 883. The van der Waals surface area contributed by atoms with E-state index in [2.05, 4.69) is 28.5 Å². The average Bonchev–Trinajstić information content (AvgIpc) is 2.67. The van der Waals surface area contributed by atoms with E-state index in [9.17, 15) is 4.39 Å². The molecule has 0 aliphatic rings. The van der Waals surface area contributed by atoms with Crippen LogP contribution >= 0.6 is 0 Å². The van der Waals surface area contributed by atoms with Crippen molar-refractivity contribution in [1.82, 2.24) is 10.2 Å². The lowest BCUT2D eigenvalue weighted by molar-refractivity contribution is 0.626. The molecule has 4 nitrogen and oxygen atoms in total. The molecule has 25 heavy (non-hydrogen) atoms. The molecule has 1 heterocycles. The van der Waals surface area contributed by atoms with E-state index >= 15 is 0 Å². The van der Waals surface area contributed by atoms with E-state index in [0.717, 1.165) is 11.1 Å². The number of benzene rings is 2. The van der Waals surface area contributed by atoms with Gasteiger partial charge in [0.1, 0.15) is 11.6 Å². The van der Waals surface area contributed by atoms with Crippen LogP contribution in [0.15, 0.2) is 60.7 Å². The van der Waals surface area contributed by atoms with Gasteiger partial charge in [-0.3, -0.25) is 0 Å². The van der Waals surface area contributed by atoms with Crippen LogP contribution in [-0.4, -0.2) is 16.7 Å². The van der Waals surface area contributed by atoms with Gasteiger partial charge in [0.15, 0.2) is 0 Å². The van der Waals surface area contributed by atoms with Gasteiger partial charge in [-0.1, -0.05) is 31.2 Å². The minimum absolute atomic E-state index is 0.217. The Hall–Kier alpha value is -3.26. The molecule has 124 valence electrons. The Morgan fingerprint density at radius 1 is 1.08 bits per heavy atom. The maximum absolute atomic E-state index is 13.0. The molecule has 1 N–H and O–H groups in total. The predicted octanol–water partition coefficient (Wildman–Crippen LogP) is 4.37. The van der Waals surface area contributed by atoms with Crippen LogP contribution in [0.5, 0.6) is 0 Å². The fraction of sp³-hybridized carbons (Fsp3) is 0.150. The normalized spacial score (nSPS) is 11.6. The number of nitriles is 1. The van der Waals surface area contributed by atoms with Crippen LogP contribution in [-0.2, 0) is 0 Å². The van der Waals surface area contributed by atoms with Crippen molar-refractivity contribution in [3.8, 4) is 17.3 Å². The first kappa shape index (κ1) is 16.6. The highest BCUT2D eigenvalue weighted by Crippen LogP contribution is 2.19. The summed E-state index contributed by atoms with van der Waals surface area (Å²) in [6, 6.07) is 19.6. The molecule has 0 spiro atoms. The fourth-order valence-corrected chi connectivity index (χ4v) is 2.50. The molecule has 2 aromatic carbocycles. The summed E-state index contributed by atoms with van der Waals surface area (Å²) in [5.74, 6) is 0.661.